The van der Waals surface area contributed by atoms with Crippen LogP contribution < -0.4 is 0 Å². The van der Waals surface area contributed by atoms with Crippen LogP contribution in [0.3, 0.4) is 0 Å². The number of fused-ring (bicyclic) bond motifs is 1. The molecule has 0 aliphatic carbocycles. The average Bonchev–Trinajstić information content (AvgIpc) is 2.81. The Hall–Kier alpha value is -0.900. The van der Waals surface area contributed by atoms with Crippen LogP contribution in [0.4, 0.5) is 0 Å². The molecule has 2 aromatic rings. The molecule has 0 unspecified atom stereocenters. The Bertz CT molecular complexity index is 526. The fraction of sp³-hybridized carbons (Fsp3) is 0.500. The molecule has 0 saturated heterocycles. The molecule has 1 heterocycles. The minimum absolute atomic E-state index is 0.0336. The molecule has 1 aromatic heterocycles. The molecule has 3 heteroatoms. The Morgan fingerprint density at radius 2 is 1.84 bits per heavy atom. The van der Waals surface area contributed by atoms with Gasteiger partial charge in [-0.2, -0.15) is 0 Å². The van der Waals surface area contributed by atoms with E-state index in [1.54, 1.807) is 11.3 Å². The minimum atomic E-state index is -0.405. The fourth-order valence-corrected chi connectivity index (χ4v) is 3.77. The van der Waals surface area contributed by atoms with Gasteiger partial charge in [-0.1, -0.05) is 32.0 Å². The van der Waals surface area contributed by atoms with E-state index in [9.17, 15) is 10.2 Å². The third-order valence-corrected chi connectivity index (χ3v) is 4.65. The average molecular weight is 278 g/mol. The number of thiophene rings is 1. The number of rotatable bonds is 6. The van der Waals surface area contributed by atoms with E-state index in [4.69, 9.17) is 0 Å². The molecule has 0 amide bonds. The lowest BCUT2D eigenvalue weighted by Gasteiger charge is -2.31. The van der Waals surface area contributed by atoms with Gasteiger partial charge in [0.15, 0.2) is 0 Å². The van der Waals surface area contributed by atoms with Crippen LogP contribution in [0, 0.1) is 11.3 Å². The van der Waals surface area contributed by atoms with Gasteiger partial charge in [0, 0.05) is 10.1 Å². The van der Waals surface area contributed by atoms with E-state index in [1.807, 2.05) is 12.1 Å². The van der Waals surface area contributed by atoms with Crippen molar-refractivity contribution in [3.63, 3.8) is 0 Å². The van der Waals surface area contributed by atoms with Crippen molar-refractivity contribution in [2.75, 3.05) is 13.2 Å². The lowest BCUT2D eigenvalue weighted by atomic mass is 9.76. The summed E-state index contributed by atoms with van der Waals surface area (Å²) in [6.45, 7) is 4.33. The standard InChI is InChI=1S/C16H22O2S/c1-12(2)7-16(10-17,11-18)8-13-9-19-15-6-4-3-5-14(13)15/h3-6,9,12,17-18H,7-8,10-11H2,1-2H3. The van der Waals surface area contributed by atoms with Gasteiger partial charge in [-0.3, -0.25) is 0 Å². The molecule has 19 heavy (non-hydrogen) atoms. The minimum Gasteiger partial charge on any atom is -0.396 e. The van der Waals surface area contributed by atoms with Gasteiger partial charge in [0.2, 0.25) is 0 Å². The number of benzene rings is 1. The quantitative estimate of drug-likeness (QED) is 0.849. The molecule has 0 saturated carbocycles. The smallest absolute Gasteiger partial charge is 0.0512 e. The lowest BCUT2D eigenvalue weighted by molar-refractivity contribution is 0.0373. The molecule has 2 nitrogen and oxygen atoms in total. The van der Waals surface area contributed by atoms with Gasteiger partial charge in [0.1, 0.15) is 0 Å². The van der Waals surface area contributed by atoms with Gasteiger partial charge in [-0.25, -0.2) is 0 Å². The molecule has 0 aliphatic heterocycles. The first-order valence-corrected chi connectivity index (χ1v) is 7.65. The summed E-state index contributed by atoms with van der Waals surface area (Å²) in [5, 5.41) is 22.9. The van der Waals surface area contributed by atoms with Crippen LogP contribution in [0.5, 0.6) is 0 Å². The first kappa shape index (κ1) is 14.5. The van der Waals surface area contributed by atoms with Gasteiger partial charge in [0.25, 0.3) is 0 Å². The predicted molar refractivity (Wildman–Crippen MR) is 81.6 cm³/mol. The predicted octanol–water partition coefficient (Wildman–Crippen LogP) is 3.46. The molecule has 2 N–H and O–H groups in total. The maximum Gasteiger partial charge on any atom is 0.0512 e. The monoisotopic (exact) mass is 278 g/mol. The van der Waals surface area contributed by atoms with Crippen LogP contribution in [-0.2, 0) is 6.42 Å². The van der Waals surface area contributed by atoms with Crippen LogP contribution in [0.15, 0.2) is 29.6 Å². The number of hydrogen-bond acceptors (Lipinski definition) is 3. The van der Waals surface area contributed by atoms with Crippen molar-refractivity contribution in [2.45, 2.75) is 26.7 Å². The van der Waals surface area contributed by atoms with E-state index in [-0.39, 0.29) is 13.2 Å². The molecule has 0 radical (unpaired) electrons. The Morgan fingerprint density at radius 1 is 1.16 bits per heavy atom. The van der Waals surface area contributed by atoms with E-state index in [0.29, 0.717) is 5.92 Å². The highest BCUT2D eigenvalue weighted by Gasteiger charge is 2.30. The SMILES string of the molecule is CC(C)CC(CO)(CO)Cc1csc2ccccc12. The van der Waals surface area contributed by atoms with E-state index in [0.717, 1.165) is 12.8 Å². The topological polar surface area (TPSA) is 40.5 Å². The highest BCUT2D eigenvalue weighted by atomic mass is 32.1. The third-order valence-electron chi connectivity index (χ3n) is 3.64. The van der Waals surface area contributed by atoms with Gasteiger partial charge in [-0.15, -0.1) is 11.3 Å². The summed E-state index contributed by atoms with van der Waals surface area (Å²) in [6.07, 6.45) is 1.58. The van der Waals surface area contributed by atoms with Crippen molar-refractivity contribution in [3.8, 4) is 0 Å². The second kappa shape index (κ2) is 6.04. The number of hydrogen-bond donors (Lipinski definition) is 2. The van der Waals surface area contributed by atoms with E-state index in [2.05, 4.69) is 31.4 Å². The number of aliphatic hydroxyl groups is 2. The first-order valence-electron chi connectivity index (χ1n) is 6.77. The molecule has 2 rings (SSSR count). The Kier molecular flexibility index (Phi) is 4.61. The normalized spacial score (nSPS) is 12.5. The molecule has 0 aliphatic rings. The van der Waals surface area contributed by atoms with E-state index in [1.165, 1.54) is 15.6 Å². The Morgan fingerprint density at radius 3 is 2.47 bits per heavy atom. The second-order valence-corrected chi connectivity index (χ2v) is 6.76. The van der Waals surface area contributed by atoms with Crippen LogP contribution in [0.25, 0.3) is 10.1 Å². The molecule has 104 valence electrons. The molecule has 0 fully saturated rings. The lowest BCUT2D eigenvalue weighted by Crippen LogP contribution is -2.33. The zero-order chi connectivity index (χ0) is 13.9. The van der Waals surface area contributed by atoms with Crippen LogP contribution in [0.1, 0.15) is 25.8 Å². The van der Waals surface area contributed by atoms with Crippen molar-refractivity contribution in [1.82, 2.24) is 0 Å². The third kappa shape index (κ3) is 3.16. The van der Waals surface area contributed by atoms with Crippen molar-refractivity contribution in [1.29, 1.82) is 0 Å². The van der Waals surface area contributed by atoms with Crippen molar-refractivity contribution >= 4 is 21.4 Å². The Balaban J connectivity index is 2.30. The summed E-state index contributed by atoms with van der Waals surface area (Å²) in [5.74, 6) is 0.462. The van der Waals surface area contributed by atoms with E-state index < -0.39 is 5.41 Å². The largest absolute Gasteiger partial charge is 0.396 e. The summed E-state index contributed by atoms with van der Waals surface area (Å²) in [6, 6.07) is 8.32. The molecule has 0 spiro atoms. The summed E-state index contributed by atoms with van der Waals surface area (Å²) in [4.78, 5) is 0. The first-order chi connectivity index (χ1) is 9.10. The maximum atomic E-state index is 9.74. The van der Waals surface area contributed by atoms with Crippen molar-refractivity contribution in [2.24, 2.45) is 11.3 Å². The van der Waals surface area contributed by atoms with Crippen LogP contribution in [0.2, 0.25) is 0 Å². The zero-order valence-corrected chi connectivity index (χ0v) is 12.4. The summed E-state index contributed by atoms with van der Waals surface area (Å²) in [7, 11) is 0. The van der Waals surface area contributed by atoms with E-state index >= 15 is 0 Å². The van der Waals surface area contributed by atoms with Crippen molar-refractivity contribution < 1.29 is 10.2 Å². The van der Waals surface area contributed by atoms with Gasteiger partial charge in [0.05, 0.1) is 13.2 Å². The summed E-state index contributed by atoms with van der Waals surface area (Å²) >= 11 is 1.73. The zero-order valence-electron chi connectivity index (χ0n) is 11.6. The Labute approximate surface area is 118 Å². The summed E-state index contributed by atoms with van der Waals surface area (Å²) in [5.41, 5.74) is 0.835. The highest BCUT2D eigenvalue weighted by Crippen LogP contribution is 2.35. The van der Waals surface area contributed by atoms with Crippen LogP contribution >= 0.6 is 11.3 Å². The van der Waals surface area contributed by atoms with Gasteiger partial charge < -0.3 is 10.2 Å². The molecule has 0 bridgehead atoms. The maximum absolute atomic E-state index is 9.74. The number of aliphatic hydroxyl groups excluding tert-OH is 2. The van der Waals surface area contributed by atoms with Crippen molar-refractivity contribution in [3.05, 3.63) is 35.2 Å². The summed E-state index contributed by atoms with van der Waals surface area (Å²) < 4.78 is 1.27. The molecular formula is C16H22O2S. The highest BCUT2D eigenvalue weighted by molar-refractivity contribution is 7.17. The molecular weight excluding hydrogens is 256 g/mol. The van der Waals surface area contributed by atoms with Gasteiger partial charge >= 0.3 is 0 Å². The second-order valence-electron chi connectivity index (χ2n) is 5.85. The molecule has 0 atom stereocenters. The van der Waals surface area contributed by atoms with Gasteiger partial charge in [-0.05, 0) is 41.2 Å². The van der Waals surface area contributed by atoms with Crippen LogP contribution in [-0.4, -0.2) is 23.4 Å². The fourth-order valence-electron chi connectivity index (χ4n) is 2.80. The molecule has 1 aromatic carbocycles.